The molecule has 1 rings (SSSR count). The molecule has 1 aromatic rings. The minimum Gasteiger partial charge on any atom is -0.490 e. The molecule has 0 aliphatic rings. The van der Waals surface area contributed by atoms with Gasteiger partial charge < -0.3 is 10.5 Å². The van der Waals surface area contributed by atoms with E-state index in [9.17, 15) is 4.79 Å². The van der Waals surface area contributed by atoms with E-state index >= 15 is 0 Å². The van der Waals surface area contributed by atoms with Crippen molar-refractivity contribution in [3.8, 4) is 5.75 Å². The normalized spacial score (nSPS) is 14.3. The third-order valence-corrected chi connectivity index (χ3v) is 2.95. The van der Waals surface area contributed by atoms with Crippen LogP contribution in [0.2, 0.25) is 0 Å². The summed E-state index contributed by atoms with van der Waals surface area (Å²) in [5.74, 6) is 0.910. The number of hydrogen-bond acceptors (Lipinski definition) is 3. The lowest BCUT2D eigenvalue weighted by Gasteiger charge is -2.21. The molecule has 0 spiro atoms. The van der Waals surface area contributed by atoms with E-state index in [1.165, 1.54) is 0 Å². The predicted molar refractivity (Wildman–Crippen MR) is 73.6 cm³/mol. The molecule has 0 bridgehead atoms. The number of carbonyl (C=O) groups is 1. The zero-order valence-electron chi connectivity index (χ0n) is 11.4. The van der Waals surface area contributed by atoms with Crippen molar-refractivity contribution in [2.75, 3.05) is 0 Å². The average Bonchev–Trinajstić information content (AvgIpc) is 2.37. The Labute approximate surface area is 109 Å². The van der Waals surface area contributed by atoms with Crippen molar-refractivity contribution < 1.29 is 9.53 Å². The van der Waals surface area contributed by atoms with E-state index in [2.05, 4.69) is 0 Å². The lowest BCUT2D eigenvalue weighted by atomic mass is 9.97. The molecule has 0 aliphatic heterocycles. The number of para-hydroxylation sites is 1. The molecule has 0 saturated carbocycles. The number of benzene rings is 1. The number of rotatable bonds is 7. The SMILES string of the molecule is CCC(CC(N)C(=O)C(C)C)Oc1ccccc1. The number of carbonyl (C=O) groups excluding carboxylic acids is 1. The first-order valence-corrected chi connectivity index (χ1v) is 6.55. The summed E-state index contributed by atoms with van der Waals surface area (Å²) >= 11 is 0. The first-order valence-electron chi connectivity index (χ1n) is 6.55. The van der Waals surface area contributed by atoms with Gasteiger partial charge in [0.1, 0.15) is 11.9 Å². The molecule has 0 fully saturated rings. The molecule has 3 nitrogen and oxygen atoms in total. The number of hydrogen-bond donors (Lipinski definition) is 1. The van der Waals surface area contributed by atoms with Crippen LogP contribution in [0.1, 0.15) is 33.6 Å². The predicted octanol–water partition coefficient (Wildman–Crippen LogP) is 2.79. The maximum absolute atomic E-state index is 11.8. The lowest BCUT2D eigenvalue weighted by molar-refractivity contribution is -0.123. The Morgan fingerprint density at radius 1 is 1.28 bits per heavy atom. The van der Waals surface area contributed by atoms with Gasteiger partial charge in [-0.1, -0.05) is 39.0 Å². The molecule has 18 heavy (non-hydrogen) atoms. The molecule has 0 aromatic heterocycles. The minimum atomic E-state index is -0.432. The highest BCUT2D eigenvalue weighted by molar-refractivity contribution is 5.85. The van der Waals surface area contributed by atoms with Crippen LogP contribution < -0.4 is 10.5 Å². The Balaban J connectivity index is 2.55. The first kappa shape index (κ1) is 14.7. The first-order chi connectivity index (χ1) is 8.54. The van der Waals surface area contributed by atoms with Crippen molar-refractivity contribution >= 4 is 5.78 Å². The number of ether oxygens (including phenoxy) is 1. The molecule has 3 heteroatoms. The van der Waals surface area contributed by atoms with Crippen LogP contribution in [-0.4, -0.2) is 17.9 Å². The van der Waals surface area contributed by atoms with Gasteiger partial charge in [0.2, 0.25) is 0 Å². The van der Waals surface area contributed by atoms with Gasteiger partial charge in [-0.05, 0) is 18.6 Å². The number of Topliss-reactive ketones (excluding diaryl/α,β-unsaturated/α-hetero) is 1. The average molecular weight is 249 g/mol. The van der Waals surface area contributed by atoms with Gasteiger partial charge in [0.15, 0.2) is 5.78 Å². The Kier molecular flexibility index (Phi) is 5.86. The summed E-state index contributed by atoms with van der Waals surface area (Å²) in [6.07, 6.45) is 1.40. The Morgan fingerprint density at radius 3 is 2.39 bits per heavy atom. The highest BCUT2D eigenvalue weighted by atomic mass is 16.5. The Hall–Kier alpha value is -1.35. The van der Waals surface area contributed by atoms with Gasteiger partial charge in [0.25, 0.3) is 0 Å². The Morgan fingerprint density at radius 2 is 1.89 bits per heavy atom. The minimum absolute atomic E-state index is 0.00917. The van der Waals surface area contributed by atoms with Crippen molar-refractivity contribution in [1.29, 1.82) is 0 Å². The molecular weight excluding hydrogens is 226 g/mol. The molecule has 0 aliphatic carbocycles. The van der Waals surface area contributed by atoms with E-state index < -0.39 is 6.04 Å². The second-order valence-electron chi connectivity index (χ2n) is 4.86. The molecule has 2 atom stereocenters. The fourth-order valence-corrected chi connectivity index (χ4v) is 1.82. The van der Waals surface area contributed by atoms with Crippen LogP contribution >= 0.6 is 0 Å². The van der Waals surface area contributed by atoms with Crippen molar-refractivity contribution in [2.45, 2.75) is 45.8 Å². The highest BCUT2D eigenvalue weighted by Gasteiger charge is 2.21. The summed E-state index contributed by atoms with van der Waals surface area (Å²) in [5.41, 5.74) is 5.92. The maximum atomic E-state index is 11.8. The van der Waals surface area contributed by atoms with Crippen LogP contribution in [0.25, 0.3) is 0 Å². The second-order valence-corrected chi connectivity index (χ2v) is 4.86. The zero-order chi connectivity index (χ0) is 13.5. The zero-order valence-corrected chi connectivity index (χ0v) is 11.4. The molecule has 2 N–H and O–H groups in total. The van der Waals surface area contributed by atoms with Crippen molar-refractivity contribution in [3.63, 3.8) is 0 Å². The quantitative estimate of drug-likeness (QED) is 0.808. The highest BCUT2D eigenvalue weighted by Crippen LogP contribution is 2.16. The third-order valence-electron chi connectivity index (χ3n) is 2.95. The molecule has 0 radical (unpaired) electrons. The molecule has 0 amide bonds. The summed E-state index contributed by atoms with van der Waals surface area (Å²) in [5, 5.41) is 0. The second kappa shape index (κ2) is 7.17. The lowest BCUT2D eigenvalue weighted by Crippen LogP contribution is -2.38. The summed E-state index contributed by atoms with van der Waals surface area (Å²) < 4.78 is 5.83. The van der Waals surface area contributed by atoms with Gasteiger partial charge in [-0.15, -0.1) is 0 Å². The summed E-state index contributed by atoms with van der Waals surface area (Å²) in [4.78, 5) is 11.8. The largest absolute Gasteiger partial charge is 0.490 e. The van der Waals surface area contributed by atoms with E-state index in [4.69, 9.17) is 10.5 Å². The van der Waals surface area contributed by atoms with E-state index in [1.54, 1.807) is 0 Å². The van der Waals surface area contributed by atoms with Gasteiger partial charge in [0, 0.05) is 12.3 Å². The maximum Gasteiger partial charge on any atom is 0.152 e. The molecule has 2 unspecified atom stereocenters. The van der Waals surface area contributed by atoms with Gasteiger partial charge in [0.05, 0.1) is 6.04 Å². The number of ketones is 1. The number of nitrogens with two attached hydrogens (primary N) is 1. The van der Waals surface area contributed by atoms with Crippen LogP contribution in [0.15, 0.2) is 30.3 Å². The van der Waals surface area contributed by atoms with Gasteiger partial charge in [-0.2, -0.15) is 0 Å². The van der Waals surface area contributed by atoms with Gasteiger partial charge in [-0.3, -0.25) is 4.79 Å². The van der Waals surface area contributed by atoms with Crippen LogP contribution in [0.3, 0.4) is 0 Å². The van der Waals surface area contributed by atoms with Gasteiger partial charge >= 0.3 is 0 Å². The van der Waals surface area contributed by atoms with Gasteiger partial charge in [-0.25, -0.2) is 0 Å². The van der Waals surface area contributed by atoms with Crippen LogP contribution in [0.4, 0.5) is 0 Å². The molecule has 0 saturated heterocycles. The summed E-state index contributed by atoms with van der Waals surface area (Å²) in [7, 11) is 0. The molecule has 0 heterocycles. The fraction of sp³-hybridized carbons (Fsp3) is 0.533. The Bertz CT molecular complexity index is 362. The standard InChI is InChI=1S/C15H23NO2/c1-4-12(10-14(16)15(17)11(2)3)18-13-8-6-5-7-9-13/h5-9,11-12,14H,4,10,16H2,1-3H3. The van der Waals surface area contributed by atoms with E-state index in [0.717, 1.165) is 12.2 Å². The molecule has 1 aromatic carbocycles. The van der Waals surface area contributed by atoms with E-state index in [0.29, 0.717) is 6.42 Å². The summed E-state index contributed by atoms with van der Waals surface area (Å²) in [6, 6.07) is 9.21. The van der Waals surface area contributed by atoms with Crippen LogP contribution in [0, 0.1) is 5.92 Å². The van der Waals surface area contributed by atoms with Crippen LogP contribution in [0.5, 0.6) is 5.75 Å². The van der Waals surface area contributed by atoms with E-state index in [1.807, 2.05) is 51.1 Å². The monoisotopic (exact) mass is 249 g/mol. The fourth-order valence-electron chi connectivity index (χ4n) is 1.82. The molecular formula is C15H23NO2. The van der Waals surface area contributed by atoms with Crippen molar-refractivity contribution in [1.82, 2.24) is 0 Å². The summed E-state index contributed by atoms with van der Waals surface area (Å²) in [6.45, 7) is 5.79. The smallest absolute Gasteiger partial charge is 0.152 e. The third kappa shape index (κ3) is 4.49. The van der Waals surface area contributed by atoms with Crippen molar-refractivity contribution in [3.05, 3.63) is 30.3 Å². The van der Waals surface area contributed by atoms with E-state index in [-0.39, 0.29) is 17.8 Å². The van der Waals surface area contributed by atoms with Crippen LogP contribution in [-0.2, 0) is 4.79 Å². The molecule has 100 valence electrons. The topological polar surface area (TPSA) is 52.3 Å². The van der Waals surface area contributed by atoms with Crippen molar-refractivity contribution in [2.24, 2.45) is 11.7 Å².